The Balaban J connectivity index is 1.61. The molecule has 174 valence electrons. The van der Waals surface area contributed by atoms with Crippen molar-refractivity contribution in [2.45, 2.75) is 19.5 Å². The van der Waals surface area contributed by atoms with E-state index in [4.69, 9.17) is 9.15 Å². The van der Waals surface area contributed by atoms with Crippen LogP contribution in [0.1, 0.15) is 28.5 Å². The third-order valence-corrected chi connectivity index (χ3v) is 5.92. The highest BCUT2D eigenvalue weighted by Crippen LogP contribution is 2.41. The Kier molecular flexibility index (Phi) is 5.94. The van der Waals surface area contributed by atoms with E-state index in [0.717, 1.165) is 5.56 Å². The van der Waals surface area contributed by atoms with Crippen LogP contribution in [0.25, 0.3) is 5.76 Å². The fourth-order valence-electron chi connectivity index (χ4n) is 4.20. The molecule has 0 spiro atoms. The Morgan fingerprint density at radius 2 is 1.66 bits per heavy atom. The number of hydrogen-bond donors (Lipinski definition) is 1. The summed E-state index contributed by atoms with van der Waals surface area (Å²) in [7, 11) is 0. The number of nitrogens with zero attached hydrogens (tertiary/aromatic N) is 1. The van der Waals surface area contributed by atoms with Gasteiger partial charge in [0, 0.05) is 5.56 Å². The lowest BCUT2D eigenvalue weighted by Gasteiger charge is -2.25. The average molecular weight is 466 g/mol. The first-order valence-electron chi connectivity index (χ1n) is 11.2. The molecule has 1 aromatic heterocycles. The van der Waals surface area contributed by atoms with Gasteiger partial charge in [-0.25, -0.2) is 0 Å². The smallest absolute Gasteiger partial charge is 0.296 e. The minimum Gasteiger partial charge on any atom is -0.507 e. The van der Waals surface area contributed by atoms with Gasteiger partial charge in [0.15, 0.2) is 0 Å². The number of aryl methyl sites for hydroxylation is 1. The molecule has 0 radical (unpaired) electrons. The maximum atomic E-state index is 13.2. The van der Waals surface area contributed by atoms with Gasteiger partial charge in [0.2, 0.25) is 0 Å². The summed E-state index contributed by atoms with van der Waals surface area (Å²) in [4.78, 5) is 27.8. The van der Waals surface area contributed by atoms with Gasteiger partial charge >= 0.3 is 0 Å². The second-order valence-corrected chi connectivity index (χ2v) is 8.36. The highest BCUT2D eigenvalue weighted by molar-refractivity contribution is 6.46. The molecule has 0 saturated carbocycles. The van der Waals surface area contributed by atoms with Gasteiger partial charge < -0.3 is 19.2 Å². The van der Waals surface area contributed by atoms with Gasteiger partial charge in [0.25, 0.3) is 11.7 Å². The number of carbonyl (C=O) groups excluding carboxylic acids is 2. The number of ketones is 1. The first-order valence-corrected chi connectivity index (χ1v) is 11.2. The van der Waals surface area contributed by atoms with Crippen LogP contribution >= 0.6 is 0 Å². The zero-order chi connectivity index (χ0) is 24.4. The van der Waals surface area contributed by atoms with Crippen molar-refractivity contribution in [2.75, 3.05) is 0 Å². The van der Waals surface area contributed by atoms with Crippen LogP contribution in [-0.2, 0) is 16.1 Å². The molecule has 1 atom stereocenters. The van der Waals surface area contributed by atoms with E-state index >= 15 is 0 Å². The van der Waals surface area contributed by atoms with Crippen molar-refractivity contribution in [3.8, 4) is 11.5 Å². The van der Waals surface area contributed by atoms with E-state index in [-0.39, 0.29) is 17.9 Å². The molecule has 6 heteroatoms. The van der Waals surface area contributed by atoms with Crippen LogP contribution in [0.4, 0.5) is 0 Å². The zero-order valence-corrected chi connectivity index (χ0v) is 19.0. The summed E-state index contributed by atoms with van der Waals surface area (Å²) >= 11 is 0. The number of Topliss-reactive ketones (excluding diaryl/α,β-unsaturated/α-hetero) is 1. The van der Waals surface area contributed by atoms with E-state index in [1.54, 1.807) is 42.5 Å². The topological polar surface area (TPSA) is 80.0 Å². The fourth-order valence-corrected chi connectivity index (χ4v) is 4.20. The molecule has 35 heavy (non-hydrogen) atoms. The van der Waals surface area contributed by atoms with Gasteiger partial charge in [-0.3, -0.25) is 9.59 Å². The lowest BCUT2D eigenvalue weighted by atomic mass is 9.95. The molecule has 1 aliphatic heterocycles. The van der Waals surface area contributed by atoms with Crippen molar-refractivity contribution in [2.24, 2.45) is 0 Å². The monoisotopic (exact) mass is 465 g/mol. The third kappa shape index (κ3) is 4.46. The third-order valence-electron chi connectivity index (χ3n) is 5.92. The second-order valence-electron chi connectivity index (χ2n) is 8.36. The lowest BCUT2D eigenvalue weighted by molar-refractivity contribution is -0.140. The van der Waals surface area contributed by atoms with E-state index < -0.39 is 17.7 Å². The van der Waals surface area contributed by atoms with E-state index in [2.05, 4.69) is 0 Å². The maximum absolute atomic E-state index is 13.2. The molecule has 5 rings (SSSR count). The van der Waals surface area contributed by atoms with Crippen molar-refractivity contribution in [1.29, 1.82) is 0 Å². The van der Waals surface area contributed by atoms with Crippen molar-refractivity contribution < 1.29 is 23.8 Å². The van der Waals surface area contributed by atoms with E-state index in [1.165, 1.54) is 11.2 Å². The number of rotatable bonds is 6. The van der Waals surface area contributed by atoms with E-state index in [9.17, 15) is 14.7 Å². The minimum atomic E-state index is -0.819. The Bertz CT molecular complexity index is 1390. The average Bonchev–Trinajstić information content (AvgIpc) is 3.47. The van der Waals surface area contributed by atoms with Gasteiger partial charge in [0.05, 0.1) is 24.4 Å². The number of aliphatic hydroxyl groups is 1. The van der Waals surface area contributed by atoms with Gasteiger partial charge in [-0.05, 0) is 48.9 Å². The fraction of sp³-hybridized carbons (Fsp3) is 0.103. The number of benzene rings is 3. The predicted octanol–water partition coefficient (Wildman–Crippen LogP) is 6.00. The molecular weight excluding hydrogens is 442 g/mol. The number of furan rings is 1. The van der Waals surface area contributed by atoms with Crippen LogP contribution in [0.5, 0.6) is 11.5 Å². The summed E-state index contributed by atoms with van der Waals surface area (Å²) in [6.45, 7) is 2.01. The van der Waals surface area contributed by atoms with Crippen molar-refractivity contribution >= 4 is 17.4 Å². The zero-order valence-electron chi connectivity index (χ0n) is 19.0. The SMILES string of the molecule is Cc1ccc(C(O)=C2C(=O)C(=O)N(Cc3ccco3)C2c2cccc(Oc3ccccc3)c2)cc1. The van der Waals surface area contributed by atoms with Gasteiger partial charge in [-0.2, -0.15) is 0 Å². The molecule has 0 aliphatic carbocycles. The number of amides is 1. The maximum Gasteiger partial charge on any atom is 0.296 e. The Labute approximate surface area is 202 Å². The quantitative estimate of drug-likeness (QED) is 0.215. The molecule has 1 N–H and O–H groups in total. The first kappa shape index (κ1) is 22.2. The standard InChI is InChI=1S/C29H23NO5/c1-19-12-14-20(15-13-19)27(31)25-26(30(29(33)28(25)32)18-24-11-6-16-34-24)21-7-5-10-23(17-21)35-22-8-3-2-4-9-22/h2-17,26,31H,18H2,1H3. The Morgan fingerprint density at radius 1 is 0.914 bits per heavy atom. The summed E-state index contributed by atoms with van der Waals surface area (Å²) in [6.07, 6.45) is 1.52. The first-order chi connectivity index (χ1) is 17.0. The number of para-hydroxylation sites is 1. The van der Waals surface area contributed by atoms with Crippen molar-refractivity contribution in [1.82, 2.24) is 4.90 Å². The molecule has 1 amide bonds. The highest BCUT2D eigenvalue weighted by Gasteiger charge is 2.46. The molecular formula is C29H23NO5. The molecule has 6 nitrogen and oxygen atoms in total. The van der Waals surface area contributed by atoms with Crippen LogP contribution in [0.3, 0.4) is 0 Å². The van der Waals surface area contributed by atoms with Crippen LogP contribution < -0.4 is 4.74 Å². The summed E-state index contributed by atoms with van der Waals surface area (Å²) in [5.41, 5.74) is 2.15. The normalized spacial score (nSPS) is 17.1. The summed E-state index contributed by atoms with van der Waals surface area (Å²) in [6, 6.07) is 26.3. The largest absolute Gasteiger partial charge is 0.507 e. The number of hydrogen-bond acceptors (Lipinski definition) is 5. The number of ether oxygens (including phenoxy) is 1. The molecule has 0 bridgehead atoms. The molecule has 3 aromatic carbocycles. The number of carbonyl (C=O) groups is 2. The van der Waals surface area contributed by atoms with Crippen molar-refractivity contribution in [3.05, 3.63) is 125 Å². The highest BCUT2D eigenvalue weighted by atomic mass is 16.5. The van der Waals surface area contributed by atoms with Crippen LogP contribution in [0.2, 0.25) is 0 Å². The Morgan fingerprint density at radius 3 is 2.37 bits per heavy atom. The molecule has 4 aromatic rings. The summed E-state index contributed by atoms with van der Waals surface area (Å²) < 4.78 is 11.4. The van der Waals surface area contributed by atoms with Gasteiger partial charge in [-0.1, -0.05) is 60.2 Å². The number of likely N-dealkylation sites (tertiary alicyclic amines) is 1. The molecule has 1 saturated heterocycles. The molecule has 1 aliphatic rings. The van der Waals surface area contributed by atoms with Gasteiger partial charge in [-0.15, -0.1) is 0 Å². The van der Waals surface area contributed by atoms with E-state index in [1.807, 2.05) is 55.5 Å². The summed E-state index contributed by atoms with van der Waals surface area (Å²) in [5, 5.41) is 11.2. The van der Waals surface area contributed by atoms with Crippen LogP contribution in [0, 0.1) is 6.92 Å². The summed E-state index contributed by atoms with van der Waals surface area (Å²) in [5.74, 6) is 0.0820. The lowest BCUT2D eigenvalue weighted by Crippen LogP contribution is -2.29. The minimum absolute atomic E-state index is 0.0299. The second kappa shape index (κ2) is 9.35. The van der Waals surface area contributed by atoms with Crippen LogP contribution in [0.15, 0.2) is 107 Å². The van der Waals surface area contributed by atoms with E-state index in [0.29, 0.717) is 28.4 Å². The molecule has 1 fully saturated rings. The van der Waals surface area contributed by atoms with Crippen LogP contribution in [-0.4, -0.2) is 21.7 Å². The number of aliphatic hydroxyl groups excluding tert-OH is 1. The van der Waals surface area contributed by atoms with Crippen molar-refractivity contribution in [3.63, 3.8) is 0 Å². The molecule has 1 unspecified atom stereocenters. The molecule has 2 heterocycles. The Hall–Kier alpha value is -4.58. The van der Waals surface area contributed by atoms with Gasteiger partial charge in [0.1, 0.15) is 23.0 Å². The predicted molar refractivity (Wildman–Crippen MR) is 131 cm³/mol.